The van der Waals surface area contributed by atoms with Crippen molar-refractivity contribution < 1.29 is 19.1 Å². The average molecular weight is 469 g/mol. The molecule has 1 aliphatic rings. The number of aromatic nitrogens is 1. The molecule has 9 heteroatoms. The summed E-state index contributed by atoms with van der Waals surface area (Å²) < 4.78 is 12.5. The number of allylic oxidation sites excluding steroid dienone is 1. The molecule has 0 amide bonds. The zero-order valence-electron chi connectivity index (χ0n) is 17.7. The largest absolute Gasteiger partial charge is 0.463 e. The van der Waals surface area contributed by atoms with Gasteiger partial charge < -0.3 is 9.47 Å². The van der Waals surface area contributed by atoms with Crippen molar-refractivity contribution in [2.75, 3.05) is 6.61 Å². The van der Waals surface area contributed by atoms with E-state index in [1.165, 1.54) is 34.2 Å². The third kappa shape index (κ3) is 4.21. The van der Waals surface area contributed by atoms with Gasteiger partial charge in [-0.1, -0.05) is 29.5 Å². The molecule has 164 valence electrons. The van der Waals surface area contributed by atoms with Crippen LogP contribution in [-0.4, -0.2) is 23.1 Å². The van der Waals surface area contributed by atoms with Crippen LogP contribution in [0.2, 0.25) is 0 Å². The summed E-state index contributed by atoms with van der Waals surface area (Å²) in [7, 11) is 0. The Hall–Kier alpha value is -3.30. The first kappa shape index (κ1) is 21.9. The summed E-state index contributed by atoms with van der Waals surface area (Å²) in [5.74, 6) is -0.567. The molecule has 1 aliphatic heterocycles. The smallest absolute Gasteiger partial charge is 0.338 e. The van der Waals surface area contributed by atoms with Gasteiger partial charge in [0.1, 0.15) is 5.75 Å². The maximum atomic E-state index is 13.4. The minimum Gasteiger partial charge on any atom is -0.463 e. The molecule has 4 rings (SSSR count). The lowest BCUT2D eigenvalue weighted by Gasteiger charge is -2.24. The maximum Gasteiger partial charge on any atom is 0.338 e. The van der Waals surface area contributed by atoms with Crippen LogP contribution in [0.4, 0.5) is 0 Å². The van der Waals surface area contributed by atoms with Crippen molar-refractivity contribution in [2.24, 2.45) is 4.99 Å². The Morgan fingerprint density at radius 2 is 1.97 bits per heavy atom. The highest BCUT2D eigenvalue weighted by molar-refractivity contribution is 7.11. The summed E-state index contributed by atoms with van der Waals surface area (Å²) in [4.78, 5) is 43.5. The van der Waals surface area contributed by atoms with E-state index in [4.69, 9.17) is 9.47 Å². The summed E-state index contributed by atoms with van der Waals surface area (Å²) in [6.07, 6.45) is 1.83. The molecule has 0 N–H and O–H groups in total. The quantitative estimate of drug-likeness (QED) is 0.425. The molecule has 0 bridgehead atoms. The zero-order valence-corrected chi connectivity index (χ0v) is 19.3. The van der Waals surface area contributed by atoms with Gasteiger partial charge in [-0.2, -0.15) is 0 Å². The Bertz CT molecular complexity index is 1380. The van der Waals surface area contributed by atoms with Gasteiger partial charge in [-0.15, -0.1) is 11.3 Å². The van der Waals surface area contributed by atoms with E-state index >= 15 is 0 Å². The Morgan fingerprint density at radius 1 is 1.22 bits per heavy atom. The van der Waals surface area contributed by atoms with Gasteiger partial charge in [0.25, 0.3) is 5.56 Å². The van der Waals surface area contributed by atoms with Crippen molar-refractivity contribution >= 4 is 40.7 Å². The summed E-state index contributed by atoms with van der Waals surface area (Å²) >= 11 is 2.82. The number of esters is 2. The minimum absolute atomic E-state index is 0.205. The molecular formula is C23H20N2O5S2. The second-order valence-electron chi connectivity index (χ2n) is 6.98. The molecule has 3 heterocycles. The molecule has 0 saturated carbocycles. The predicted molar refractivity (Wildman–Crippen MR) is 122 cm³/mol. The highest BCUT2D eigenvalue weighted by atomic mass is 32.1. The molecule has 3 aromatic rings. The van der Waals surface area contributed by atoms with Gasteiger partial charge in [0.05, 0.1) is 28.5 Å². The molecule has 0 unspecified atom stereocenters. The molecule has 0 saturated heterocycles. The average Bonchev–Trinajstić information content (AvgIpc) is 3.36. The van der Waals surface area contributed by atoms with E-state index in [2.05, 4.69) is 4.99 Å². The lowest BCUT2D eigenvalue weighted by molar-refractivity contribution is -0.139. The topological polar surface area (TPSA) is 87.0 Å². The molecular weight excluding hydrogens is 448 g/mol. The van der Waals surface area contributed by atoms with Crippen LogP contribution in [0.15, 0.2) is 62.8 Å². The first-order valence-electron chi connectivity index (χ1n) is 9.90. The molecule has 0 spiro atoms. The molecule has 32 heavy (non-hydrogen) atoms. The van der Waals surface area contributed by atoms with Gasteiger partial charge in [0.2, 0.25) is 0 Å². The second-order valence-corrected chi connectivity index (χ2v) is 8.97. The molecule has 0 radical (unpaired) electrons. The SMILES string of the molecule is CCOC(=O)C1=C(C)N=c2s/c(=C\c3cccs3)c(=O)n2[C@H]1c1ccc(OC(C)=O)cc1. The number of thiazole rings is 1. The lowest BCUT2D eigenvalue weighted by atomic mass is 9.96. The number of carbonyl (C=O) groups excluding carboxylic acids is 2. The predicted octanol–water partition coefficient (Wildman–Crippen LogP) is 2.79. The van der Waals surface area contributed by atoms with Gasteiger partial charge in [-0.25, -0.2) is 9.79 Å². The standard InChI is InChI=1S/C23H20N2O5S2/c1-4-29-22(28)19-13(2)24-23-25(21(27)18(32-23)12-17-6-5-11-31-17)20(19)15-7-9-16(10-8-15)30-14(3)26/h5-12,20H,4H2,1-3H3/b18-12-/t20-/m0/s1. The number of nitrogens with zero attached hydrogens (tertiary/aromatic N) is 2. The van der Waals surface area contributed by atoms with Crippen molar-refractivity contribution in [3.05, 3.63) is 83.2 Å². The van der Waals surface area contributed by atoms with Crippen LogP contribution < -0.4 is 19.6 Å². The van der Waals surface area contributed by atoms with Crippen LogP contribution in [0.25, 0.3) is 6.08 Å². The van der Waals surface area contributed by atoms with Gasteiger partial charge in [-0.05, 0) is 49.1 Å². The Morgan fingerprint density at radius 3 is 2.59 bits per heavy atom. The van der Waals surface area contributed by atoms with Crippen molar-refractivity contribution in [1.82, 2.24) is 4.57 Å². The van der Waals surface area contributed by atoms with E-state index in [-0.39, 0.29) is 12.2 Å². The second kappa shape index (κ2) is 9.05. The monoisotopic (exact) mass is 468 g/mol. The fourth-order valence-electron chi connectivity index (χ4n) is 3.49. The van der Waals surface area contributed by atoms with Crippen LogP contribution >= 0.6 is 22.7 Å². The van der Waals surface area contributed by atoms with Gasteiger partial charge >= 0.3 is 11.9 Å². The van der Waals surface area contributed by atoms with Crippen molar-refractivity contribution in [2.45, 2.75) is 26.8 Å². The van der Waals surface area contributed by atoms with Crippen LogP contribution in [-0.2, 0) is 14.3 Å². The Kier molecular flexibility index (Phi) is 6.20. The number of rotatable bonds is 5. The fraction of sp³-hybridized carbons (Fsp3) is 0.217. The number of hydrogen-bond acceptors (Lipinski definition) is 8. The van der Waals surface area contributed by atoms with E-state index in [0.29, 0.717) is 31.9 Å². The first-order valence-corrected chi connectivity index (χ1v) is 11.6. The summed E-state index contributed by atoms with van der Waals surface area (Å²) in [5.41, 5.74) is 1.26. The van der Waals surface area contributed by atoms with E-state index < -0.39 is 18.0 Å². The van der Waals surface area contributed by atoms with Crippen molar-refractivity contribution in [3.63, 3.8) is 0 Å². The normalized spacial score (nSPS) is 15.8. The Labute approximate surface area is 191 Å². The third-order valence-electron chi connectivity index (χ3n) is 4.79. The highest BCUT2D eigenvalue weighted by Crippen LogP contribution is 2.31. The van der Waals surface area contributed by atoms with E-state index in [9.17, 15) is 14.4 Å². The van der Waals surface area contributed by atoms with Crippen molar-refractivity contribution in [3.8, 4) is 5.75 Å². The minimum atomic E-state index is -0.706. The van der Waals surface area contributed by atoms with Crippen LogP contribution in [0.5, 0.6) is 5.75 Å². The van der Waals surface area contributed by atoms with E-state index in [1.807, 2.05) is 23.6 Å². The number of benzene rings is 1. The lowest BCUT2D eigenvalue weighted by Crippen LogP contribution is -2.39. The first-order chi connectivity index (χ1) is 15.4. The molecule has 2 aromatic heterocycles. The van der Waals surface area contributed by atoms with E-state index in [1.54, 1.807) is 38.1 Å². The van der Waals surface area contributed by atoms with Crippen LogP contribution in [0, 0.1) is 0 Å². The van der Waals surface area contributed by atoms with Crippen LogP contribution in [0.1, 0.15) is 37.3 Å². The van der Waals surface area contributed by atoms with Gasteiger partial charge in [0.15, 0.2) is 4.80 Å². The summed E-state index contributed by atoms with van der Waals surface area (Å²) in [6, 6.07) is 9.89. The van der Waals surface area contributed by atoms with Gasteiger partial charge in [-0.3, -0.25) is 14.2 Å². The number of hydrogen-bond donors (Lipinski definition) is 0. The fourth-order valence-corrected chi connectivity index (χ4v) is 5.26. The molecule has 0 aliphatic carbocycles. The number of fused-ring (bicyclic) bond motifs is 1. The summed E-state index contributed by atoms with van der Waals surface area (Å²) in [6.45, 7) is 5.00. The Balaban J connectivity index is 1.90. The number of carbonyl (C=O) groups is 2. The maximum absolute atomic E-state index is 13.4. The molecule has 0 fully saturated rings. The number of ether oxygens (including phenoxy) is 2. The molecule has 1 atom stereocenters. The molecule has 1 aromatic carbocycles. The van der Waals surface area contributed by atoms with E-state index in [0.717, 1.165) is 4.88 Å². The molecule has 7 nitrogen and oxygen atoms in total. The van der Waals surface area contributed by atoms with Crippen molar-refractivity contribution in [1.29, 1.82) is 0 Å². The number of thiophene rings is 1. The third-order valence-corrected chi connectivity index (χ3v) is 6.59. The van der Waals surface area contributed by atoms with Crippen LogP contribution in [0.3, 0.4) is 0 Å². The van der Waals surface area contributed by atoms with Gasteiger partial charge in [0, 0.05) is 11.8 Å². The highest BCUT2D eigenvalue weighted by Gasteiger charge is 2.33. The summed E-state index contributed by atoms with van der Waals surface area (Å²) in [5, 5.41) is 1.94. The zero-order chi connectivity index (χ0) is 22.8.